The molecule has 0 heterocycles. The van der Waals surface area contributed by atoms with E-state index in [0.717, 1.165) is 6.54 Å². The third-order valence-corrected chi connectivity index (χ3v) is 1.79. The van der Waals surface area contributed by atoms with Crippen molar-refractivity contribution in [3.8, 4) is 0 Å². The quantitative estimate of drug-likeness (QED) is 0.411. The summed E-state index contributed by atoms with van der Waals surface area (Å²) in [6.07, 6.45) is 6.26. The van der Waals surface area contributed by atoms with Gasteiger partial charge in [0.1, 0.15) is 0 Å². The molecule has 0 aromatic heterocycles. The van der Waals surface area contributed by atoms with Gasteiger partial charge < -0.3 is 0 Å². The summed E-state index contributed by atoms with van der Waals surface area (Å²) in [6, 6.07) is 0. The highest BCUT2D eigenvalue weighted by Gasteiger charge is 1.89. The van der Waals surface area contributed by atoms with Gasteiger partial charge in [-0.15, -0.1) is 0 Å². The van der Waals surface area contributed by atoms with Gasteiger partial charge in [-0.25, -0.2) is 0 Å². The second-order valence-corrected chi connectivity index (χ2v) is 3.07. The van der Waals surface area contributed by atoms with Crippen LogP contribution < -0.4 is 0 Å². The van der Waals surface area contributed by atoms with Gasteiger partial charge in [0.2, 0.25) is 0 Å². The monoisotopic (exact) mass is 155 g/mol. The van der Waals surface area contributed by atoms with Crippen molar-refractivity contribution in [3.63, 3.8) is 0 Å². The maximum Gasteiger partial charge on any atom is 0.0388 e. The van der Waals surface area contributed by atoms with Gasteiger partial charge in [0, 0.05) is 12.3 Å². The molecule has 0 spiro atoms. The van der Waals surface area contributed by atoms with Gasteiger partial charge in [0.25, 0.3) is 0 Å². The van der Waals surface area contributed by atoms with E-state index in [1.54, 1.807) is 0 Å². The molecule has 0 fully saturated rings. The van der Waals surface area contributed by atoms with Crippen molar-refractivity contribution in [1.29, 1.82) is 0 Å². The predicted octanol–water partition coefficient (Wildman–Crippen LogP) is 3.44. The third-order valence-electron chi connectivity index (χ3n) is 1.79. The molecule has 1 nitrogen and oxygen atoms in total. The number of rotatable bonds is 6. The second kappa shape index (κ2) is 7.77. The summed E-state index contributed by atoms with van der Waals surface area (Å²) in [4.78, 5) is 4.47. The fourth-order valence-electron chi connectivity index (χ4n) is 0.940. The van der Waals surface area contributed by atoms with Crippen molar-refractivity contribution < 1.29 is 0 Å². The van der Waals surface area contributed by atoms with Crippen LogP contribution in [-0.2, 0) is 0 Å². The van der Waals surface area contributed by atoms with E-state index in [4.69, 9.17) is 0 Å². The van der Waals surface area contributed by atoms with E-state index in [1.165, 1.54) is 37.8 Å². The summed E-state index contributed by atoms with van der Waals surface area (Å²) >= 11 is 0. The van der Waals surface area contributed by atoms with Crippen LogP contribution in [0.4, 0.5) is 0 Å². The highest BCUT2D eigenvalue weighted by molar-refractivity contribution is 5.81. The van der Waals surface area contributed by atoms with Crippen LogP contribution in [0.1, 0.15) is 52.9 Å². The standard InChI is InChI=1S/C10H21N/c1-4-6-8-10(3)11-9-7-5-2/h4-9H2,1-3H3. The molecule has 0 aliphatic rings. The maximum atomic E-state index is 4.47. The lowest BCUT2D eigenvalue weighted by molar-refractivity contribution is 0.792. The van der Waals surface area contributed by atoms with Crippen molar-refractivity contribution >= 4 is 5.71 Å². The first-order chi connectivity index (χ1) is 5.31. The van der Waals surface area contributed by atoms with E-state index in [2.05, 4.69) is 25.8 Å². The SMILES string of the molecule is CCCCN=C(C)CCCC. The number of hydrogen-bond donors (Lipinski definition) is 0. The summed E-state index contributed by atoms with van der Waals surface area (Å²) in [6.45, 7) is 7.60. The fourth-order valence-corrected chi connectivity index (χ4v) is 0.940. The number of aliphatic imine (C=N–C) groups is 1. The molecular weight excluding hydrogens is 134 g/mol. The maximum absolute atomic E-state index is 4.47. The molecule has 0 unspecified atom stereocenters. The average Bonchev–Trinajstić information content (AvgIpc) is 2.01. The van der Waals surface area contributed by atoms with E-state index < -0.39 is 0 Å². The Balaban J connectivity index is 3.30. The minimum absolute atomic E-state index is 1.03. The van der Waals surface area contributed by atoms with Crippen molar-refractivity contribution in [2.75, 3.05) is 6.54 Å². The molecule has 0 aliphatic carbocycles. The average molecular weight is 155 g/mol. The van der Waals surface area contributed by atoms with Gasteiger partial charge in [-0.2, -0.15) is 0 Å². The minimum Gasteiger partial charge on any atom is -0.294 e. The molecular formula is C10H21N. The zero-order chi connectivity index (χ0) is 8.53. The van der Waals surface area contributed by atoms with Crippen LogP contribution >= 0.6 is 0 Å². The Kier molecular flexibility index (Phi) is 7.54. The molecule has 0 saturated carbocycles. The molecule has 1 heteroatoms. The molecule has 0 bridgehead atoms. The van der Waals surface area contributed by atoms with E-state index in [0.29, 0.717) is 0 Å². The predicted molar refractivity (Wildman–Crippen MR) is 52.4 cm³/mol. The Labute approximate surface area is 70.9 Å². The van der Waals surface area contributed by atoms with Crippen LogP contribution in [-0.4, -0.2) is 12.3 Å². The molecule has 66 valence electrons. The Morgan fingerprint density at radius 1 is 1.09 bits per heavy atom. The van der Waals surface area contributed by atoms with E-state index >= 15 is 0 Å². The fraction of sp³-hybridized carbons (Fsp3) is 0.900. The van der Waals surface area contributed by atoms with Gasteiger partial charge in [0.05, 0.1) is 0 Å². The first-order valence-electron chi connectivity index (χ1n) is 4.81. The third kappa shape index (κ3) is 7.57. The van der Waals surface area contributed by atoms with Crippen molar-refractivity contribution in [1.82, 2.24) is 0 Å². The zero-order valence-electron chi connectivity index (χ0n) is 8.19. The van der Waals surface area contributed by atoms with Crippen LogP contribution in [0.15, 0.2) is 4.99 Å². The zero-order valence-corrected chi connectivity index (χ0v) is 8.19. The molecule has 0 aromatic rings. The van der Waals surface area contributed by atoms with Crippen LogP contribution in [0, 0.1) is 0 Å². The lowest BCUT2D eigenvalue weighted by atomic mass is 10.2. The van der Waals surface area contributed by atoms with Crippen molar-refractivity contribution in [2.24, 2.45) is 4.99 Å². The minimum atomic E-state index is 1.03. The highest BCUT2D eigenvalue weighted by atomic mass is 14.7. The summed E-state index contributed by atoms with van der Waals surface area (Å²) in [7, 11) is 0. The molecule has 0 radical (unpaired) electrons. The molecule has 0 atom stereocenters. The van der Waals surface area contributed by atoms with Gasteiger partial charge in [-0.3, -0.25) is 4.99 Å². The summed E-state index contributed by atoms with van der Waals surface area (Å²) in [5, 5.41) is 0. The van der Waals surface area contributed by atoms with Crippen LogP contribution in [0.25, 0.3) is 0 Å². The lowest BCUT2D eigenvalue weighted by Gasteiger charge is -1.97. The highest BCUT2D eigenvalue weighted by Crippen LogP contribution is 1.97. The van der Waals surface area contributed by atoms with Crippen molar-refractivity contribution in [2.45, 2.75) is 52.9 Å². The van der Waals surface area contributed by atoms with Crippen molar-refractivity contribution in [3.05, 3.63) is 0 Å². The first-order valence-corrected chi connectivity index (χ1v) is 4.81. The summed E-state index contributed by atoms with van der Waals surface area (Å²) < 4.78 is 0. The van der Waals surface area contributed by atoms with Crippen LogP contribution in [0.2, 0.25) is 0 Å². The smallest absolute Gasteiger partial charge is 0.0388 e. The summed E-state index contributed by atoms with van der Waals surface area (Å²) in [5.41, 5.74) is 1.33. The van der Waals surface area contributed by atoms with Gasteiger partial charge >= 0.3 is 0 Å². The van der Waals surface area contributed by atoms with Gasteiger partial charge in [-0.05, 0) is 26.2 Å². The topological polar surface area (TPSA) is 12.4 Å². The molecule has 0 N–H and O–H groups in total. The Morgan fingerprint density at radius 2 is 1.73 bits per heavy atom. The molecule has 0 amide bonds. The van der Waals surface area contributed by atoms with Crippen LogP contribution in [0.5, 0.6) is 0 Å². The summed E-state index contributed by atoms with van der Waals surface area (Å²) in [5.74, 6) is 0. The lowest BCUT2D eigenvalue weighted by Crippen LogP contribution is -1.93. The Morgan fingerprint density at radius 3 is 2.27 bits per heavy atom. The molecule has 0 aromatic carbocycles. The first kappa shape index (κ1) is 10.7. The van der Waals surface area contributed by atoms with E-state index in [1.807, 2.05) is 0 Å². The second-order valence-electron chi connectivity index (χ2n) is 3.07. The van der Waals surface area contributed by atoms with Gasteiger partial charge in [0.15, 0.2) is 0 Å². The number of hydrogen-bond acceptors (Lipinski definition) is 1. The molecule has 0 saturated heterocycles. The van der Waals surface area contributed by atoms with E-state index in [-0.39, 0.29) is 0 Å². The Bertz CT molecular complexity index is 105. The van der Waals surface area contributed by atoms with Gasteiger partial charge in [-0.1, -0.05) is 26.7 Å². The van der Waals surface area contributed by atoms with Crippen LogP contribution in [0.3, 0.4) is 0 Å². The normalized spacial score (nSPS) is 12.1. The molecule has 11 heavy (non-hydrogen) atoms. The Hall–Kier alpha value is -0.330. The molecule has 0 aliphatic heterocycles. The van der Waals surface area contributed by atoms with E-state index in [9.17, 15) is 0 Å². The largest absolute Gasteiger partial charge is 0.294 e. The number of nitrogens with zero attached hydrogens (tertiary/aromatic N) is 1. The molecule has 0 rings (SSSR count). The number of unbranched alkanes of at least 4 members (excludes halogenated alkanes) is 2.